The Morgan fingerprint density at radius 2 is 1.06 bits per heavy atom. The van der Waals surface area contributed by atoms with Crippen molar-refractivity contribution in [2.24, 2.45) is 0 Å². The van der Waals surface area contributed by atoms with E-state index < -0.39 is 0 Å². The molecule has 6 aromatic rings. The first-order valence-corrected chi connectivity index (χ1v) is 11.8. The van der Waals surface area contributed by atoms with Gasteiger partial charge in [-0.15, -0.1) is 11.3 Å². The summed E-state index contributed by atoms with van der Waals surface area (Å²) in [6.45, 7) is 0. The molecule has 0 saturated heterocycles. The van der Waals surface area contributed by atoms with Crippen LogP contribution in [0.1, 0.15) is 0 Å². The molecular formula is C27H16BrN3S. The Bertz CT molecular complexity index is 1570. The van der Waals surface area contributed by atoms with Crippen LogP contribution in [0.3, 0.4) is 0 Å². The minimum absolute atomic E-state index is 0.664. The first-order chi connectivity index (χ1) is 15.7. The molecule has 152 valence electrons. The highest BCUT2D eigenvalue weighted by Crippen LogP contribution is 2.36. The van der Waals surface area contributed by atoms with Crippen LogP contribution < -0.4 is 0 Å². The van der Waals surface area contributed by atoms with Crippen molar-refractivity contribution in [3.63, 3.8) is 0 Å². The number of hydrogen-bond acceptors (Lipinski definition) is 4. The topological polar surface area (TPSA) is 38.7 Å². The fourth-order valence-corrected chi connectivity index (χ4v) is 5.17. The quantitative estimate of drug-likeness (QED) is 0.250. The maximum Gasteiger partial charge on any atom is 0.164 e. The van der Waals surface area contributed by atoms with E-state index in [1.807, 2.05) is 65.9 Å². The van der Waals surface area contributed by atoms with Crippen molar-refractivity contribution in [1.82, 2.24) is 15.0 Å². The maximum absolute atomic E-state index is 4.87. The van der Waals surface area contributed by atoms with E-state index >= 15 is 0 Å². The van der Waals surface area contributed by atoms with Crippen molar-refractivity contribution < 1.29 is 0 Å². The van der Waals surface area contributed by atoms with Crippen molar-refractivity contribution in [2.45, 2.75) is 0 Å². The predicted octanol–water partition coefficient (Wildman–Crippen LogP) is 8.00. The van der Waals surface area contributed by atoms with Gasteiger partial charge in [-0.05, 0) is 36.4 Å². The summed E-state index contributed by atoms with van der Waals surface area (Å²) in [6.07, 6.45) is 0. The number of thiophene rings is 1. The van der Waals surface area contributed by atoms with E-state index in [0.717, 1.165) is 21.2 Å². The summed E-state index contributed by atoms with van der Waals surface area (Å²) in [5.41, 5.74) is 2.91. The van der Waals surface area contributed by atoms with Gasteiger partial charge in [-0.3, -0.25) is 0 Å². The van der Waals surface area contributed by atoms with Crippen molar-refractivity contribution >= 4 is 47.4 Å². The van der Waals surface area contributed by atoms with Gasteiger partial charge in [0.05, 0.1) is 0 Å². The lowest BCUT2D eigenvalue weighted by molar-refractivity contribution is 1.07. The Hall–Kier alpha value is -3.41. The summed E-state index contributed by atoms with van der Waals surface area (Å²) < 4.78 is 3.57. The SMILES string of the molecule is Brc1ccc(-c2nc(-c3ccccc3)nc(-c3ccc4sc5ccccc5c4c3)n2)cc1. The van der Waals surface area contributed by atoms with Gasteiger partial charge in [0.2, 0.25) is 0 Å². The molecule has 6 rings (SSSR count). The molecule has 2 aromatic heterocycles. The van der Waals surface area contributed by atoms with E-state index in [2.05, 4.69) is 58.4 Å². The monoisotopic (exact) mass is 493 g/mol. The number of benzene rings is 4. The Morgan fingerprint density at radius 1 is 0.500 bits per heavy atom. The standard InChI is InChI=1S/C27H16BrN3S/c28-20-13-10-18(11-14-20)26-29-25(17-6-2-1-3-7-17)30-27(31-26)19-12-15-24-22(16-19)21-8-4-5-9-23(21)32-24/h1-16H. The summed E-state index contributed by atoms with van der Waals surface area (Å²) in [6, 6.07) is 33.1. The van der Waals surface area contributed by atoms with E-state index in [4.69, 9.17) is 15.0 Å². The minimum Gasteiger partial charge on any atom is -0.208 e. The highest BCUT2D eigenvalue weighted by atomic mass is 79.9. The van der Waals surface area contributed by atoms with Crippen LogP contribution in [-0.4, -0.2) is 15.0 Å². The third-order valence-corrected chi connectivity index (χ3v) is 7.09. The van der Waals surface area contributed by atoms with Crippen LogP contribution in [0.2, 0.25) is 0 Å². The highest BCUT2D eigenvalue weighted by molar-refractivity contribution is 9.10. The number of rotatable bonds is 3. The van der Waals surface area contributed by atoms with Gasteiger partial charge < -0.3 is 0 Å². The van der Waals surface area contributed by atoms with E-state index in [1.165, 1.54) is 20.2 Å². The third-order valence-electron chi connectivity index (χ3n) is 5.40. The Labute approximate surface area is 197 Å². The number of hydrogen-bond donors (Lipinski definition) is 0. The number of aromatic nitrogens is 3. The molecule has 0 spiro atoms. The van der Waals surface area contributed by atoms with Gasteiger partial charge in [0.25, 0.3) is 0 Å². The molecule has 0 unspecified atom stereocenters. The fraction of sp³-hybridized carbons (Fsp3) is 0. The molecule has 32 heavy (non-hydrogen) atoms. The maximum atomic E-state index is 4.87. The van der Waals surface area contributed by atoms with E-state index in [1.54, 1.807) is 0 Å². The molecule has 0 radical (unpaired) electrons. The normalized spacial score (nSPS) is 11.3. The van der Waals surface area contributed by atoms with Crippen LogP contribution in [0, 0.1) is 0 Å². The fourth-order valence-electron chi connectivity index (χ4n) is 3.81. The van der Waals surface area contributed by atoms with Gasteiger partial charge in [-0.25, -0.2) is 15.0 Å². The Kier molecular flexibility index (Phi) is 4.78. The van der Waals surface area contributed by atoms with Gasteiger partial charge >= 0.3 is 0 Å². The average molecular weight is 494 g/mol. The molecule has 5 heteroatoms. The zero-order valence-corrected chi connectivity index (χ0v) is 19.3. The zero-order valence-electron chi connectivity index (χ0n) is 16.9. The minimum atomic E-state index is 0.664. The van der Waals surface area contributed by atoms with Crippen LogP contribution in [0.15, 0.2) is 102 Å². The van der Waals surface area contributed by atoms with Crippen LogP contribution >= 0.6 is 27.3 Å². The van der Waals surface area contributed by atoms with Gasteiger partial charge in [0.15, 0.2) is 17.5 Å². The molecule has 2 heterocycles. The van der Waals surface area contributed by atoms with E-state index in [0.29, 0.717) is 17.5 Å². The molecule has 4 aromatic carbocycles. The lowest BCUT2D eigenvalue weighted by atomic mass is 10.1. The van der Waals surface area contributed by atoms with Gasteiger partial charge in [-0.2, -0.15) is 0 Å². The summed E-state index contributed by atoms with van der Waals surface area (Å²) in [7, 11) is 0. The van der Waals surface area contributed by atoms with Crippen LogP contribution in [0.25, 0.3) is 54.3 Å². The largest absolute Gasteiger partial charge is 0.208 e. The summed E-state index contributed by atoms with van der Waals surface area (Å²) in [4.78, 5) is 14.5. The molecular weight excluding hydrogens is 478 g/mol. The van der Waals surface area contributed by atoms with Gasteiger partial charge in [-0.1, -0.05) is 76.6 Å². The Morgan fingerprint density at radius 3 is 1.81 bits per heavy atom. The summed E-state index contributed by atoms with van der Waals surface area (Å²) >= 11 is 5.32. The molecule has 0 bridgehead atoms. The molecule has 0 aliphatic carbocycles. The number of halogens is 1. The van der Waals surface area contributed by atoms with Crippen molar-refractivity contribution in [1.29, 1.82) is 0 Å². The predicted molar refractivity (Wildman–Crippen MR) is 137 cm³/mol. The van der Waals surface area contributed by atoms with Crippen LogP contribution in [0.4, 0.5) is 0 Å². The van der Waals surface area contributed by atoms with Crippen molar-refractivity contribution in [3.8, 4) is 34.2 Å². The first kappa shape index (κ1) is 19.3. The lowest BCUT2D eigenvalue weighted by Gasteiger charge is -2.08. The van der Waals surface area contributed by atoms with Crippen molar-refractivity contribution in [2.75, 3.05) is 0 Å². The summed E-state index contributed by atoms with van der Waals surface area (Å²) in [5, 5.41) is 2.50. The zero-order chi connectivity index (χ0) is 21.5. The lowest BCUT2D eigenvalue weighted by Crippen LogP contribution is -2.00. The van der Waals surface area contributed by atoms with E-state index in [9.17, 15) is 0 Å². The second-order valence-corrected chi connectivity index (χ2v) is 9.49. The molecule has 0 atom stereocenters. The molecule has 0 aliphatic rings. The average Bonchev–Trinajstić information content (AvgIpc) is 3.23. The third kappa shape index (κ3) is 3.49. The molecule has 0 fully saturated rings. The van der Waals surface area contributed by atoms with Crippen LogP contribution in [0.5, 0.6) is 0 Å². The smallest absolute Gasteiger partial charge is 0.164 e. The van der Waals surface area contributed by atoms with Crippen molar-refractivity contribution in [3.05, 3.63) is 102 Å². The molecule has 0 N–H and O–H groups in total. The first-order valence-electron chi connectivity index (χ1n) is 10.2. The van der Waals surface area contributed by atoms with Crippen LogP contribution in [-0.2, 0) is 0 Å². The molecule has 0 aliphatic heterocycles. The summed E-state index contributed by atoms with van der Waals surface area (Å²) in [5.74, 6) is 2.01. The molecule has 3 nitrogen and oxygen atoms in total. The number of nitrogens with zero attached hydrogens (tertiary/aromatic N) is 3. The molecule has 0 saturated carbocycles. The van der Waals surface area contributed by atoms with Gasteiger partial charge in [0.1, 0.15) is 0 Å². The van der Waals surface area contributed by atoms with E-state index in [-0.39, 0.29) is 0 Å². The Balaban J connectivity index is 1.57. The second-order valence-electron chi connectivity index (χ2n) is 7.49. The highest BCUT2D eigenvalue weighted by Gasteiger charge is 2.13. The second kappa shape index (κ2) is 7.93. The number of fused-ring (bicyclic) bond motifs is 3. The van der Waals surface area contributed by atoms with Gasteiger partial charge in [0, 0.05) is 41.3 Å². The molecule has 0 amide bonds.